The van der Waals surface area contributed by atoms with Crippen molar-refractivity contribution in [3.8, 4) is 11.5 Å². The number of hydrazone groups is 1. The largest absolute Gasteiger partial charge is 0.503 e. The molecule has 0 unspecified atom stereocenters. The molecule has 2 aromatic carbocycles. The number of amides is 1. The van der Waals surface area contributed by atoms with Crippen LogP contribution in [0.2, 0.25) is 5.02 Å². The number of hydrogen-bond acceptors (Lipinski definition) is 4. The van der Waals surface area contributed by atoms with Crippen LogP contribution in [-0.4, -0.2) is 23.8 Å². The number of ether oxygens (including phenoxy) is 1. The number of benzene rings is 2. The van der Waals surface area contributed by atoms with E-state index in [0.29, 0.717) is 12.2 Å². The van der Waals surface area contributed by atoms with Crippen molar-refractivity contribution in [2.45, 2.75) is 6.92 Å². The molecule has 120 valence electrons. The third-order valence-corrected chi connectivity index (χ3v) is 3.11. The zero-order valence-electron chi connectivity index (χ0n) is 12.2. The maximum absolute atomic E-state index is 13.0. The number of halogens is 2. The van der Waals surface area contributed by atoms with Crippen LogP contribution in [0.5, 0.6) is 11.5 Å². The van der Waals surface area contributed by atoms with Crippen LogP contribution >= 0.6 is 11.6 Å². The monoisotopic (exact) mass is 336 g/mol. The van der Waals surface area contributed by atoms with Crippen molar-refractivity contribution in [2.75, 3.05) is 6.61 Å². The molecule has 0 atom stereocenters. The zero-order chi connectivity index (χ0) is 16.8. The predicted octanol–water partition coefficient (Wildman–Crippen LogP) is 3.35. The zero-order valence-corrected chi connectivity index (χ0v) is 13.0. The Kier molecular flexibility index (Phi) is 5.54. The number of nitrogens with one attached hydrogen (secondary N) is 1. The molecule has 0 aliphatic rings. The van der Waals surface area contributed by atoms with Crippen LogP contribution in [0.4, 0.5) is 4.39 Å². The first-order valence-electron chi connectivity index (χ1n) is 6.75. The van der Waals surface area contributed by atoms with Gasteiger partial charge in [0.1, 0.15) is 5.82 Å². The van der Waals surface area contributed by atoms with Crippen LogP contribution in [0.3, 0.4) is 0 Å². The lowest BCUT2D eigenvalue weighted by Crippen LogP contribution is -2.17. The van der Waals surface area contributed by atoms with Crippen molar-refractivity contribution in [3.05, 3.63) is 58.4 Å². The second-order valence-electron chi connectivity index (χ2n) is 4.49. The van der Waals surface area contributed by atoms with E-state index >= 15 is 0 Å². The molecular weight excluding hydrogens is 323 g/mol. The van der Waals surface area contributed by atoms with Gasteiger partial charge in [-0.15, -0.1) is 0 Å². The highest BCUT2D eigenvalue weighted by atomic mass is 35.5. The van der Waals surface area contributed by atoms with Crippen molar-refractivity contribution < 1.29 is 19.0 Å². The normalized spacial score (nSPS) is 10.7. The Morgan fingerprint density at radius 2 is 2.22 bits per heavy atom. The average molecular weight is 337 g/mol. The van der Waals surface area contributed by atoms with Gasteiger partial charge in [0.25, 0.3) is 5.91 Å². The summed E-state index contributed by atoms with van der Waals surface area (Å²) in [6.45, 7) is 2.13. The molecule has 0 spiro atoms. The van der Waals surface area contributed by atoms with E-state index in [2.05, 4.69) is 10.5 Å². The second kappa shape index (κ2) is 7.60. The van der Waals surface area contributed by atoms with Crippen molar-refractivity contribution in [1.82, 2.24) is 5.43 Å². The first kappa shape index (κ1) is 16.8. The van der Waals surface area contributed by atoms with E-state index in [1.165, 1.54) is 36.5 Å². The van der Waals surface area contributed by atoms with Gasteiger partial charge in [-0.1, -0.05) is 17.7 Å². The molecule has 2 rings (SSSR count). The van der Waals surface area contributed by atoms with Gasteiger partial charge in [-0.3, -0.25) is 4.79 Å². The van der Waals surface area contributed by atoms with E-state index in [-0.39, 0.29) is 22.1 Å². The number of nitrogens with zero attached hydrogens (tertiary/aromatic N) is 1. The molecule has 1 amide bonds. The molecule has 5 nitrogen and oxygen atoms in total. The number of carbonyl (C=O) groups is 1. The van der Waals surface area contributed by atoms with Crippen LogP contribution in [0, 0.1) is 5.82 Å². The molecule has 0 aliphatic carbocycles. The number of carbonyl (C=O) groups excluding carboxylic acids is 1. The maximum Gasteiger partial charge on any atom is 0.271 e. The number of phenols is 1. The van der Waals surface area contributed by atoms with Crippen molar-refractivity contribution in [2.24, 2.45) is 5.10 Å². The highest BCUT2D eigenvalue weighted by molar-refractivity contribution is 6.32. The molecule has 0 aromatic heterocycles. The van der Waals surface area contributed by atoms with Crippen LogP contribution in [0.15, 0.2) is 41.5 Å². The summed E-state index contributed by atoms with van der Waals surface area (Å²) in [7, 11) is 0. The van der Waals surface area contributed by atoms with Crippen LogP contribution < -0.4 is 10.2 Å². The Hall–Kier alpha value is -2.60. The quantitative estimate of drug-likeness (QED) is 0.649. The Bertz CT molecular complexity index is 750. The number of phenolic OH excluding ortho intramolecular Hbond substituents is 1. The van der Waals surface area contributed by atoms with Gasteiger partial charge in [-0.2, -0.15) is 5.10 Å². The Labute approximate surface area is 137 Å². The Balaban J connectivity index is 2.10. The molecule has 0 saturated carbocycles. The van der Waals surface area contributed by atoms with Gasteiger partial charge in [0.15, 0.2) is 11.5 Å². The Morgan fingerprint density at radius 1 is 1.43 bits per heavy atom. The average Bonchev–Trinajstić information content (AvgIpc) is 2.52. The minimum Gasteiger partial charge on any atom is -0.503 e. The molecule has 7 heteroatoms. The predicted molar refractivity (Wildman–Crippen MR) is 85.7 cm³/mol. The van der Waals surface area contributed by atoms with E-state index in [1.54, 1.807) is 6.92 Å². The van der Waals surface area contributed by atoms with Gasteiger partial charge < -0.3 is 9.84 Å². The summed E-state index contributed by atoms with van der Waals surface area (Å²) in [6.07, 6.45) is 1.34. The third-order valence-electron chi connectivity index (χ3n) is 2.82. The fourth-order valence-electron chi connectivity index (χ4n) is 1.79. The van der Waals surface area contributed by atoms with Gasteiger partial charge in [0.05, 0.1) is 17.8 Å². The summed E-state index contributed by atoms with van der Waals surface area (Å²) in [4.78, 5) is 11.8. The van der Waals surface area contributed by atoms with Gasteiger partial charge >= 0.3 is 0 Å². The van der Waals surface area contributed by atoms with E-state index in [9.17, 15) is 14.3 Å². The van der Waals surface area contributed by atoms with Gasteiger partial charge in [0.2, 0.25) is 0 Å². The highest BCUT2D eigenvalue weighted by Crippen LogP contribution is 2.34. The minimum atomic E-state index is -0.546. The summed E-state index contributed by atoms with van der Waals surface area (Å²) < 4.78 is 18.3. The SMILES string of the molecule is CCOc1cc(C=NNC(=O)c2cccc(F)c2)cc(Cl)c1O. The van der Waals surface area contributed by atoms with E-state index < -0.39 is 11.7 Å². The summed E-state index contributed by atoms with van der Waals surface area (Å²) in [5, 5.41) is 13.6. The topological polar surface area (TPSA) is 70.9 Å². The number of hydrogen-bond donors (Lipinski definition) is 2. The van der Waals surface area contributed by atoms with E-state index in [4.69, 9.17) is 16.3 Å². The molecule has 0 fully saturated rings. The lowest BCUT2D eigenvalue weighted by atomic mass is 10.2. The molecule has 0 saturated heterocycles. The van der Waals surface area contributed by atoms with Crippen molar-refractivity contribution >= 4 is 23.7 Å². The fraction of sp³-hybridized carbons (Fsp3) is 0.125. The maximum atomic E-state index is 13.0. The fourth-order valence-corrected chi connectivity index (χ4v) is 2.01. The van der Waals surface area contributed by atoms with Crippen LogP contribution in [0.25, 0.3) is 0 Å². The van der Waals surface area contributed by atoms with Gasteiger partial charge in [-0.05, 0) is 42.8 Å². The Morgan fingerprint density at radius 3 is 2.91 bits per heavy atom. The summed E-state index contributed by atoms with van der Waals surface area (Å²) >= 11 is 5.89. The number of aromatic hydroxyl groups is 1. The standard InChI is InChI=1S/C16H14ClFN2O3/c1-2-23-14-7-10(6-13(17)15(14)21)9-19-20-16(22)11-4-3-5-12(18)8-11/h3-9,21H,2H2,1H3,(H,20,22). The summed E-state index contributed by atoms with van der Waals surface area (Å²) in [6, 6.07) is 8.25. The van der Waals surface area contributed by atoms with Crippen molar-refractivity contribution in [1.29, 1.82) is 0 Å². The van der Waals surface area contributed by atoms with Gasteiger partial charge in [0, 0.05) is 5.56 Å². The van der Waals surface area contributed by atoms with Gasteiger partial charge in [-0.25, -0.2) is 9.82 Å². The second-order valence-corrected chi connectivity index (χ2v) is 4.90. The molecule has 0 heterocycles. The molecule has 2 N–H and O–H groups in total. The molecule has 0 bridgehead atoms. The lowest BCUT2D eigenvalue weighted by molar-refractivity contribution is 0.0954. The first-order valence-corrected chi connectivity index (χ1v) is 7.13. The molecular formula is C16H14ClFN2O3. The molecule has 2 aromatic rings. The van der Waals surface area contributed by atoms with Crippen LogP contribution in [-0.2, 0) is 0 Å². The minimum absolute atomic E-state index is 0.105. The lowest BCUT2D eigenvalue weighted by Gasteiger charge is -2.08. The molecule has 23 heavy (non-hydrogen) atoms. The highest BCUT2D eigenvalue weighted by Gasteiger charge is 2.09. The third kappa shape index (κ3) is 4.43. The van der Waals surface area contributed by atoms with Crippen LogP contribution in [0.1, 0.15) is 22.8 Å². The summed E-state index contributed by atoms with van der Waals surface area (Å²) in [5.74, 6) is -0.990. The van der Waals surface area contributed by atoms with E-state index in [0.717, 1.165) is 6.07 Å². The first-order chi connectivity index (χ1) is 11.0. The van der Waals surface area contributed by atoms with Crippen molar-refractivity contribution in [3.63, 3.8) is 0 Å². The number of rotatable bonds is 5. The molecule has 0 radical (unpaired) electrons. The molecule has 0 aliphatic heterocycles. The summed E-state index contributed by atoms with van der Waals surface area (Å²) in [5.41, 5.74) is 2.96. The smallest absolute Gasteiger partial charge is 0.271 e. The van der Waals surface area contributed by atoms with E-state index in [1.807, 2.05) is 0 Å².